The number of hydrogen-bond donors (Lipinski definition) is 2. The Kier molecular flexibility index (Phi) is 10.7. The maximum atomic E-state index is 13.3. The summed E-state index contributed by atoms with van der Waals surface area (Å²) in [7, 11) is 0. The van der Waals surface area contributed by atoms with E-state index in [1.165, 1.54) is 11.0 Å². The lowest BCUT2D eigenvalue weighted by atomic mass is 10.1. The molecule has 250 valence electrons. The Labute approximate surface area is 273 Å². The number of hydrogen-bond acceptors (Lipinski definition) is 9. The number of nitrogens with zero attached hydrogens (tertiary/aromatic N) is 5. The van der Waals surface area contributed by atoms with Crippen molar-refractivity contribution in [3.8, 4) is 11.8 Å². The van der Waals surface area contributed by atoms with Crippen molar-refractivity contribution in [3.63, 3.8) is 0 Å². The van der Waals surface area contributed by atoms with E-state index in [1.807, 2.05) is 19.9 Å². The van der Waals surface area contributed by atoms with Gasteiger partial charge in [0.1, 0.15) is 17.5 Å². The normalized spacial score (nSPS) is 19.2. The van der Waals surface area contributed by atoms with Gasteiger partial charge in [-0.2, -0.15) is 5.26 Å². The molecule has 5 amide bonds. The van der Waals surface area contributed by atoms with E-state index in [2.05, 4.69) is 21.7 Å². The number of aromatic nitrogens is 1. The van der Waals surface area contributed by atoms with E-state index in [0.717, 1.165) is 31.2 Å². The van der Waals surface area contributed by atoms with E-state index in [1.54, 1.807) is 21.9 Å². The van der Waals surface area contributed by atoms with Crippen LogP contribution in [-0.4, -0.2) is 114 Å². The zero-order valence-corrected chi connectivity index (χ0v) is 26.8. The summed E-state index contributed by atoms with van der Waals surface area (Å²) in [5, 5.41) is 15.6. The van der Waals surface area contributed by atoms with Gasteiger partial charge in [-0.15, -0.1) is 0 Å². The Hall–Kier alpha value is -4.93. The second-order valence-corrected chi connectivity index (χ2v) is 12.2. The standard InChI is InChI=1S/C33H41N7O7/c1-3-4-13-46-33(45)39-11-9-38(10-12-39)29(41)18-35-31(43)26-16-28(24-8-5-21(2)14-25(24)37-26)47-20-30(42)40-19-22(17-34)15-27(40)32(44)36-23-6-7-23/h5,8,14,16,22-23,27H,3-4,6-7,9-13,15,18-20H2,1-2H3,(H,35,43)(H,36,44). The monoisotopic (exact) mass is 647 g/mol. The summed E-state index contributed by atoms with van der Waals surface area (Å²) in [4.78, 5) is 73.4. The van der Waals surface area contributed by atoms with Gasteiger partial charge < -0.3 is 34.8 Å². The Balaban J connectivity index is 1.20. The zero-order chi connectivity index (χ0) is 33.5. The summed E-state index contributed by atoms with van der Waals surface area (Å²) in [6.45, 7) is 5.07. The number of nitriles is 1. The fraction of sp³-hybridized carbons (Fsp3) is 0.545. The summed E-state index contributed by atoms with van der Waals surface area (Å²) >= 11 is 0. The predicted octanol–water partition coefficient (Wildman–Crippen LogP) is 1.75. The third-order valence-corrected chi connectivity index (χ3v) is 8.56. The van der Waals surface area contributed by atoms with Crippen LogP contribution in [0.3, 0.4) is 0 Å². The molecule has 2 saturated heterocycles. The van der Waals surface area contributed by atoms with Gasteiger partial charge in [-0.1, -0.05) is 19.4 Å². The second-order valence-electron chi connectivity index (χ2n) is 12.2. The predicted molar refractivity (Wildman–Crippen MR) is 169 cm³/mol. The molecule has 3 fully saturated rings. The van der Waals surface area contributed by atoms with Gasteiger partial charge in [0, 0.05) is 50.2 Å². The summed E-state index contributed by atoms with van der Waals surface area (Å²) in [5.74, 6) is -1.79. The molecule has 2 unspecified atom stereocenters. The molecular formula is C33H41N7O7. The first kappa shape index (κ1) is 33.4. The van der Waals surface area contributed by atoms with Gasteiger partial charge in [-0.3, -0.25) is 19.2 Å². The number of ether oxygens (including phenoxy) is 2. The highest BCUT2D eigenvalue weighted by molar-refractivity contribution is 5.99. The van der Waals surface area contributed by atoms with Gasteiger partial charge in [0.25, 0.3) is 11.8 Å². The zero-order valence-electron chi connectivity index (χ0n) is 26.8. The molecule has 0 bridgehead atoms. The molecule has 3 aliphatic rings. The molecule has 0 spiro atoms. The van der Waals surface area contributed by atoms with Crippen molar-refractivity contribution < 1.29 is 33.4 Å². The van der Waals surface area contributed by atoms with Crippen LogP contribution >= 0.6 is 0 Å². The van der Waals surface area contributed by atoms with Crippen LogP contribution in [-0.2, 0) is 19.1 Å². The van der Waals surface area contributed by atoms with E-state index in [0.29, 0.717) is 43.7 Å². The van der Waals surface area contributed by atoms with Crippen molar-refractivity contribution in [2.75, 3.05) is 52.5 Å². The van der Waals surface area contributed by atoms with E-state index in [-0.39, 0.29) is 54.9 Å². The molecule has 3 heterocycles. The average Bonchev–Trinajstić information content (AvgIpc) is 3.78. The molecule has 14 heteroatoms. The van der Waals surface area contributed by atoms with E-state index in [9.17, 15) is 29.2 Å². The first-order chi connectivity index (χ1) is 22.7. The molecule has 2 atom stereocenters. The van der Waals surface area contributed by atoms with Crippen LogP contribution in [0.2, 0.25) is 0 Å². The molecule has 5 rings (SSSR count). The molecule has 1 aromatic heterocycles. The number of piperazine rings is 1. The van der Waals surface area contributed by atoms with Crippen LogP contribution < -0.4 is 15.4 Å². The first-order valence-corrected chi connectivity index (χ1v) is 16.2. The molecule has 1 aromatic carbocycles. The van der Waals surface area contributed by atoms with Gasteiger partial charge in [-0.25, -0.2) is 9.78 Å². The minimum absolute atomic E-state index is 0.00500. The van der Waals surface area contributed by atoms with Gasteiger partial charge >= 0.3 is 6.09 Å². The molecule has 0 radical (unpaired) electrons. The molecule has 47 heavy (non-hydrogen) atoms. The molecular weight excluding hydrogens is 606 g/mol. The van der Waals surface area contributed by atoms with Gasteiger partial charge in [-0.05, 0) is 50.3 Å². The van der Waals surface area contributed by atoms with Crippen molar-refractivity contribution in [3.05, 3.63) is 35.5 Å². The molecule has 2 aromatic rings. The van der Waals surface area contributed by atoms with Gasteiger partial charge in [0.05, 0.1) is 30.7 Å². The first-order valence-electron chi connectivity index (χ1n) is 16.2. The summed E-state index contributed by atoms with van der Waals surface area (Å²) in [5.41, 5.74) is 1.38. The van der Waals surface area contributed by atoms with Crippen LogP contribution in [0.25, 0.3) is 10.9 Å². The van der Waals surface area contributed by atoms with E-state index in [4.69, 9.17) is 9.47 Å². The molecule has 2 N–H and O–H groups in total. The number of carbonyl (C=O) groups excluding carboxylic acids is 5. The lowest BCUT2D eigenvalue weighted by Gasteiger charge is -2.34. The average molecular weight is 648 g/mol. The molecule has 2 aliphatic heterocycles. The second kappa shape index (κ2) is 15.1. The minimum Gasteiger partial charge on any atom is -0.483 e. The number of fused-ring (bicyclic) bond motifs is 1. The van der Waals surface area contributed by atoms with Gasteiger partial charge in [0.15, 0.2) is 6.61 Å². The largest absolute Gasteiger partial charge is 0.483 e. The van der Waals surface area contributed by atoms with Crippen LogP contribution in [0.5, 0.6) is 5.75 Å². The van der Waals surface area contributed by atoms with E-state index >= 15 is 0 Å². The van der Waals surface area contributed by atoms with Crippen molar-refractivity contribution in [2.45, 2.75) is 58.0 Å². The maximum Gasteiger partial charge on any atom is 0.409 e. The minimum atomic E-state index is -0.741. The third kappa shape index (κ3) is 8.46. The number of nitrogens with one attached hydrogen (secondary N) is 2. The quantitative estimate of drug-likeness (QED) is 0.345. The number of rotatable bonds is 11. The Morgan fingerprint density at radius 2 is 1.79 bits per heavy atom. The summed E-state index contributed by atoms with van der Waals surface area (Å²) < 4.78 is 11.2. The smallest absolute Gasteiger partial charge is 0.409 e. The van der Waals surface area contributed by atoms with Crippen LogP contribution in [0.1, 0.15) is 55.1 Å². The van der Waals surface area contributed by atoms with Crippen LogP contribution in [0.15, 0.2) is 24.3 Å². The fourth-order valence-corrected chi connectivity index (χ4v) is 5.64. The van der Waals surface area contributed by atoms with Crippen molar-refractivity contribution >= 4 is 40.6 Å². The van der Waals surface area contributed by atoms with Crippen molar-refractivity contribution in [1.82, 2.24) is 30.3 Å². The van der Waals surface area contributed by atoms with Gasteiger partial charge in [0.2, 0.25) is 11.8 Å². The van der Waals surface area contributed by atoms with Crippen LogP contribution in [0, 0.1) is 24.2 Å². The summed E-state index contributed by atoms with van der Waals surface area (Å²) in [6.07, 6.45) is 3.41. The Morgan fingerprint density at radius 3 is 2.49 bits per heavy atom. The maximum absolute atomic E-state index is 13.3. The Bertz CT molecular complexity index is 1560. The highest BCUT2D eigenvalue weighted by Crippen LogP contribution is 2.28. The number of benzene rings is 1. The van der Waals surface area contributed by atoms with Crippen molar-refractivity contribution in [2.24, 2.45) is 5.92 Å². The molecule has 1 saturated carbocycles. The lowest BCUT2D eigenvalue weighted by Crippen LogP contribution is -2.52. The Morgan fingerprint density at radius 1 is 1.04 bits per heavy atom. The molecule has 14 nitrogen and oxygen atoms in total. The fourth-order valence-electron chi connectivity index (χ4n) is 5.64. The van der Waals surface area contributed by atoms with E-state index < -0.39 is 30.4 Å². The number of likely N-dealkylation sites (tertiary alicyclic amines) is 1. The SMILES string of the molecule is CCCCOC(=O)N1CCN(C(=O)CNC(=O)c2cc(OCC(=O)N3CC(C#N)CC3C(=O)NC3CC3)c3ccc(C)cc3n2)CC1. The topological polar surface area (TPSA) is 174 Å². The molecule has 1 aliphatic carbocycles. The number of unbranched alkanes of at least 4 members (excludes halogenated alkanes) is 1. The highest BCUT2D eigenvalue weighted by Gasteiger charge is 2.41. The highest BCUT2D eigenvalue weighted by atomic mass is 16.6. The number of aryl methyl sites for hydroxylation is 1. The number of carbonyl (C=O) groups is 5. The lowest BCUT2D eigenvalue weighted by molar-refractivity contribution is -0.140. The van der Waals surface area contributed by atoms with Crippen LogP contribution in [0.4, 0.5) is 4.79 Å². The number of pyridine rings is 1. The number of amides is 5. The summed E-state index contributed by atoms with van der Waals surface area (Å²) in [6, 6.07) is 8.41. The third-order valence-electron chi connectivity index (χ3n) is 8.56. The van der Waals surface area contributed by atoms with Crippen molar-refractivity contribution in [1.29, 1.82) is 5.26 Å².